The molecule has 2 rings (SSSR count). The average Bonchev–Trinajstić information content (AvgIpc) is 2.27. The van der Waals surface area contributed by atoms with Gasteiger partial charge >= 0.3 is 0 Å². The molecule has 0 amide bonds. The van der Waals surface area contributed by atoms with E-state index in [1.807, 2.05) is 6.07 Å². The Morgan fingerprint density at radius 3 is 2.75 bits per heavy atom. The van der Waals surface area contributed by atoms with Crippen molar-refractivity contribution in [2.75, 3.05) is 5.32 Å². The Bertz CT molecular complexity index is 367. The molecule has 2 atom stereocenters. The summed E-state index contributed by atoms with van der Waals surface area (Å²) in [4.78, 5) is 0. The Kier molecular flexibility index (Phi) is 3.87. The molecule has 0 heterocycles. The first-order chi connectivity index (χ1) is 7.66. The minimum absolute atomic E-state index is 0.197. The van der Waals surface area contributed by atoms with Crippen molar-refractivity contribution in [3.8, 4) is 0 Å². The zero-order chi connectivity index (χ0) is 11.5. The van der Waals surface area contributed by atoms with Gasteiger partial charge in [-0.2, -0.15) is 0 Å². The molecule has 88 valence electrons. The number of halogens is 1. The van der Waals surface area contributed by atoms with Crippen LogP contribution in [-0.4, -0.2) is 17.3 Å². The van der Waals surface area contributed by atoms with Gasteiger partial charge in [0.15, 0.2) is 0 Å². The third-order valence-corrected chi connectivity index (χ3v) is 4.13. The molecule has 1 aliphatic rings. The van der Waals surface area contributed by atoms with Crippen molar-refractivity contribution < 1.29 is 5.11 Å². The SMILES string of the molecule is Cc1cc(NC2CCCCC2O)ccc1Br. The highest BCUT2D eigenvalue weighted by Gasteiger charge is 2.22. The van der Waals surface area contributed by atoms with Gasteiger partial charge in [0.05, 0.1) is 12.1 Å². The van der Waals surface area contributed by atoms with Gasteiger partial charge < -0.3 is 10.4 Å². The number of benzene rings is 1. The Morgan fingerprint density at radius 2 is 2.06 bits per heavy atom. The molecule has 0 spiro atoms. The molecule has 2 nitrogen and oxygen atoms in total. The molecule has 1 aromatic carbocycles. The summed E-state index contributed by atoms with van der Waals surface area (Å²) in [5.41, 5.74) is 2.32. The molecule has 1 saturated carbocycles. The summed E-state index contributed by atoms with van der Waals surface area (Å²) in [6.45, 7) is 2.08. The number of hydrogen-bond donors (Lipinski definition) is 2. The van der Waals surface area contributed by atoms with E-state index in [4.69, 9.17) is 0 Å². The van der Waals surface area contributed by atoms with Crippen LogP contribution in [0.3, 0.4) is 0 Å². The minimum Gasteiger partial charge on any atom is -0.391 e. The number of aliphatic hydroxyl groups is 1. The van der Waals surface area contributed by atoms with Crippen LogP contribution >= 0.6 is 15.9 Å². The van der Waals surface area contributed by atoms with Crippen molar-refractivity contribution in [1.82, 2.24) is 0 Å². The van der Waals surface area contributed by atoms with Gasteiger partial charge in [-0.05, 0) is 43.5 Å². The smallest absolute Gasteiger partial charge is 0.0741 e. The normalized spacial score (nSPS) is 25.4. The van der Waals surface area contributed by atoms with Crippen LogP contribution in [0.5, 0.6) is 0 Å². The fraction of sp³-hybridized carbons (Fsp3) is 0.538. The van der Waals surface area contributed by atoms with Gasteiger partial charge in [-0.1, -0.05) is 28.8 Å². The van der Waals surface area contributed by atoms with E-state index >= 15 is 0 Å². The zero-order valence-electron chi connectivity index (χ0n) is 9.54. The monoisotopic (exact) mass is 283 g/mol. The van der Waals surface area contributed by atoms with Gasteiger partial charge in [0, 0.05) is 10.2 Å². The lowest BCUT2D eigenvalue weighted by molar-refractivity contribution is 0.116. The van der Waals surface area contributed by atoms with Gasteiger partial charge in [0.25, 0.3) is 0 Å². The quantitative estimate of drug-likeness (QED) is 0.871. The van der Waals surface area contributed by atoms with E-state index in [-0.39, 0.29) is 12.1 Å². The summed E-state index contributed by atoms with van der Waals surface area (Å²) in [6.07, 6.45) is 4.16. The van der Waals surface area contributed by atoms with Crippen LogP contribution in [0, 0.1) is 6.92 Å². The van der Waals surface area contributed by atoms with Gasteiger partial charge in [0.1, 0.15) is 0 Å². The Hall–Kier alpha value is -0.540. The van der Waals surface area contributed by atoms with E-state index in [9.17, 15) is 5.11 Å². The Labute approximate surface area is 105 Å². The highest BCUT2D eigenvalue weighted by molar-refractivity contribution is 9.10. The van der Waals surface area contributed by atoms with E-state index in [1.165, 1.54) is 12.0 Å². The minimum atomic E-state index is -0.197. The van der Waals surface area contributed by atoms with Crippen molar-refractivity contribution >= 4 is 21.6 Å². The van der Waals surface area contributed by atoms with Gasteiger partial charge in [-0.25, -0.2) is 0 Å². The Balaban J connectivity index is 2.05. The lowest BCUT2D eigenvalue weighted by atomic mass is 9.92. The molecule has 0 saturated heterocycles. The molecular weight excluding hydrogens is 266 g/mol. The summed E-state index contributed by atoms with van der Waals surface area (Å²) in [6, 6.07) is 6.44. The van der Waals surface area contributed by atoms with Gasteiger partial charge in [-0.3, -0.25) is 0 Å². The van der Waals surface area contributed by atoms with Crippen molar-refractivity contribution in [2.45, 2.75) is 44.8 Å². The fourth-order valence-electron chi connectivity index (χ4n) is 2.23. The number of anilines is 1. The second-order valence-electron chi connectivity index (χ2n) is 4.57. The lowest BCUT2D eigenvalue weighted by Gasteiger charge is -2.29. The molecule has 1 aliphatic carbocycles. The molecule has 16 heavy (non-hydrogen) atoms. The number of aryl methyl sites for hydroxylation is 1. The molecule has 1 aromatic rings. The maximum Gasteiger partial charge on any atom is 0.0741 e. The lowest BCUT2D eigenvalue weighted by Crippen LogP contribution is -2.36. The van der Waals surface area contributed by atoms with E-state index in [1.54, 1.807) is 0 Å². The summed E-state index contributed by atoms with van der Waals surface area (Å²) in [5, 5.41) is 13.3. The molecule has 2 N–H and O–H groups in total. The van der Waals surface area contributed by atoms with Crippen LogP contribution in [-0.2, 0) is 0 Å². The second-order valence-corrected chi connectivity index (χ2v) is 5.42. The van der Waals surface area contributed by atoms with Crippen LogP contribution in [0.1, 0.15) is 31.2 Å². The number of nitrogens with one attached hydrogen (secondary N) is 1. The summed E-state index contributed by atoms with van der Waals surface area (Å²) >= 11 is 3.49. The third kappa shape index (κ3) is 2.77. The van der Waals surface area contributed by atoms with Crippen LogP contribution in [0.15, 0.2) is 22.7 Å². The Morgan fingerprint density at radius 1 is 1.31 bits per heavy atom. The van der Waals surface area contributed by atoms with E-state index < -0.39 is 0 Å². The van der Waals surface area contributed by atoms with Crippen LogP contribution in [0.4, 0.5) is 5.69 Å². The van der Waals surface area contributed by atoms with Crippen molar-refractivity contribution in [3.63, 3.8) is 0 Å². The largest absolute Gasteiger partial charge is 0.391 e. The molecule has 3 heteroatoms. The molecule has 0 bridgehead atoms. The number of rotatable bonds is 2. The van der Waals surface area contributed by atoms with Gasteiger partial charge in [0.2, 0.25) is 0 Å². The summed E-state index contributed by atoms with van der Waals surface area (Å²) < 4.78 is 1.13. The van der Waals surface area contributed by atoms with Crippen LogP contribution < -0.4 is 5.32 Å². The molecule has 0 aliphatic heterocycles. The highest BCUT2D eigenvalue weighted by atomic mass is 79.9. The zero-order valence-corrected chi connectivity index (χ0v) is 11.1. The predicted molar refractivity (Wildman–Crippen MR) is 70.8 cm³/mol. The topological polar surface area (TPSA) is 32.3 Å². The maximum atomic E-state index is 9.88. The van der Waals surface area contributed by atoms with Crippen molar-refractivity contribution in [2.24, 2.45) is 0 Å². The molecule has 0 aromatic heterocycles. The second kappa shape index (κ2) is 5.19. The highest BCUT2D eigenvalue weighted by Crippen LogP contribution is 2.25. The van der Waals surface area contributed by atoms with Crippen LogP contribution in [0.2, 0.25) is 0 Å². The summed E-state index contributed by atoms with van der Waals surface area (Å²) in [5.74, 6) is 0. The average molecular weight is 284 g/mol. The summed E-state index contributed by atoms with van der Waals surface area (Å²) in [7, 11) is 0. The van der Waals surface area contributed by atoms with Crippen molar-refractivity contribution in [1.29, 1.82) is 0 Å². The van der Waals surface area contributed by atoms with Crippen LogP contribution in [0.25, 0.3) is 0 Å². The number of hydrogen-bond acceptors (Lipinski definition) is 2. The van der Waals surface area contributed by atoms with Gasteiger partial charge in [-0.15, -0.1) is 0 Å². The molecule has 2 unspecified atom stereocenters. The molecule has 0 radical (unpaired) electrons. The first kappa shape index (κ1) is 11.9. The van der Waals surface area contributed by atoms with Crippen molar-refractivity contribution in [3.05, 3.63) is 28.2 Å². The predicted octanol–water partition coefficient (Wildman–Crippen LogP) is 3.47. The van der Waals surface area contributed by atoms with E-state index in [0.717, 1.165) is 29.4 Å². The fourth-order valence-corrected chi connectivity index (χ4v) is 2.47. The standard InChI is InChI=1S/C13H18BrNO/c1-9-8-10(6-7-11(9)14)15-12-4-2-3-5-13(12)16/h6-8,12-13,15-16H,2-5H2,1H3. The van der Waals surface area contributed by atoms with E-state index in [0.29, 0.717) is 0 Å². The first-order valence-electron chi connectivity index (χ1n) is 5.87. The maximum absolute atomic E-state index is 9.88. The van der Waals surface area contributed by atoms with E-state index in [2.05, 4.69) is 40.3 Å². The first-order valence-corrected chi connectivity index (χ1v) is 6.67. The molecule has 1 fully saturated rings. The number of aliphatic hydroxyl groups excluding tert-OH is 1. The third-order valence-electron chi connectivity index (χ3n) is 3.24. The molecular formula is C13H18BrNO.